The topological polar surface area (TPSA) is 56.7 Å². The smallest absolute Gasteiger partial charge is 0.121 e. The first kappa shape index (κ1) is 52.3. The molecule has 1 radical (unpaired) electrons. The molecule has 405 valence electrons. The number of para-hydroxylation sites is 2. The number of nitrogens with zero attached hydrogens (tertiary/aromatic N) is 4. The van der Waals surface area contributed by atoms with Gasteiger partial charge in [-0.2, -0.15) is 0 Å². The van der Waals surface area contributed by atoms with Crippen molar-refractivity contribution in [1.82, 2.24) is 19.5 Å². The molecule has 0 bridgehead atoms. The molecule has 0 saturated heterocycles. The summed E-state index contributed by atoms with van der Waals surface area (Å²) in [5.74, 6) is 1.89. The summed E-state index contributed by atoms with van der Waals surface area (Å²) < 4.78 is 31.4. The van der Waals surface area contributed by atoms with Crippen LogP contribution in [0.25, 0.3) is 105 Å². The standard InChI is InChI=1S/C57H55N2OSi2.C15H17N2.Ir/c1-35(2)48-31-42(38-24-22-37(23-25-38)41-28-43(61(5,6)7)33-44(29-41)62(8,9)10)32-49(36(3)4)55(48)59-53-21-14-13-20-52(53)58-57(59)47-19-15-18-46-51-30-40-27-26-39-16-11-12-17-45(39)50(40)34-54(51)60-56(46)47;1-11-5-7-12(8-6-11)14-16-10-9-13(17-14)15(2,3)4;/h11-18,20-36H,1-10H3;5-7,9-10H,1-4H3;/q2*-1;/i;1D3;. The van der Waals surface area contributed by atoms with Crippen LogP contribution in [0.5, 0.6) is 0 Å². The van der Waals surface area contributed by atoms with Crippen molar-refractivity contribution in [2.75, 3.05) is 0 Å². The summed E-state index contributed by atoms with van der Waals surface area (Å²) in [6.45, 7) is 28.2. The second-order valence-electron chi connectivity index (χ2n) is 25.0. The second kappa shape index (κ2) is 21.8. The van der Waals surface area contributed by atoms with Gasteiger partial charge in [-0.25, -0.2) is 0 Å². The monoisotopic (exact) mass is 1260 g/mol. The molecule has 80 heavy (non-hydrogen) atoms. The summed E-state index contributed by atoms with van der Waals surface area (Å²) in [4.78, 5) is 14.2. The molecule has 0 aliphatic heterocycles. The Bertz CT molecular complexity index is 4330. The molecular formula is C72H72IrN4OSi2-2. The van der Waals surface area contributed by atoms with Gasteiger partial charge < -0.3 is 8.98 Å². The van der Waals surface area contributed by atoms with Crippen molar-refractivity contribution >= 4 is 81.0 Å². The SMILES string of the molecule is CC(C)c1cc(-c2ccc(-c3cc([Si](C)(C)C)cc([Si](C)(C)C)c3)cc2)cc(C(C)C)c1-n1c(-c2[c-]ccc3c2oc2cc4c(ccc5ccccc54)cc23)nc2ccccc21.[2H]C([2H])([2H])c1c[c-]c(-c2nccc(C(C)(C)C)n2)cc1.[Ir]. The first-order valence-electron chi connectivity index (χ1n) is 29.3. The summed E-state index contributed by atoms with van der Waals surface area (Å²) in [6.07, 6.45) is 1.72. The van der Waals surface area contributed by atoms with Crippen LogP contribution in [-0.4, -0.2) is 35.7 Å². The molecule has 0 saturated carbocycles. The number of aryl methyl sites for hydroxylation is 1. The normalized spacial score (nSPS) is 13.0. The van der Waals surface area contributed by atoms with Crippen LogP contribution in [0.1, 0.15) is 86.8 Å². The minimum absolute atomic E-state index is 0. The van der Waals surface area contributed by atoms with Crippen LogP contribution in [0, 0.1) is 19.0 Å². The molecule has 3 aromatic heterocycles. The third-order valence-electron chi connectivity index (χ3n) is 15.4. The molecule has 8 heteroatoms. The second-order valence-corrected chi connectivity index (χ2v) is 35.2. The maximum absolute atomic E-state index is 7.35. The van der Waals surface area contributed by atoms with Gasteiger partial charge in [0.05, 0.1) is 44.4 Å². The van der Waals surface area contributed by atoms with Gasteiger partial charge in [-0.05, 0) is 109 Å². The van der Waals surface area contributed by atoms with Crippen molar-refractivity contribution in [3.63, 3.8) is 0 Å². The molecule has 9 aromatic carbocycles. The van der Waals surface area contributed by atoms with Crippen LogP contribution < -0.4 is 10.4 Å². The van der Waals surface area contributed by atoms with Gasteiger partial charge in [0, 0.05) is 52.6 Å². The first-order valence-corrected chi connectivity index (χ1v) is 34.8. The van der Waals surface area contributed by atoms with Gasteiger partial charge in [0.2, 0.25) is 0 Å². The first-order chi connectivity index (χ1) is 38.8. The third-order valence-corrected chi connectivity index (χ3v) is 19.5. The van der Waals surface area contributed by atoms with Crippen molar-refractivity contribution in [3.8, 4) is 50.7 Å². The van der Waals surface area contributed by atoms with E-state index in [4.69, 9.17) is 13.5 Å². The van der Waals surface area contributed by atoms with Crippen LogP contribution in [0.3, 0.4) is 0 Å². The van der Waals surface area contributed by atoms with Crippen LogP contribution in [0.15, 0.2) is 174 Å². The van der Waals surface area contributed by atoms with Gasteiger partial charge in [-0.1, -0.05) is 207 Å². The van der Waals surface area contributed by atoms with E-state index in [2.05, 4.69) is 248 Å². The summed E-state index contributed by atoms with van der Waals surface area (Å²) in [6, 6.07) is 65.1. The van der Waals surface area contributed by atoms with E-state index in [1.807, 2.05) is 12.1 Å². The number of fused-ring (bicyclic) bond motifs is 7. The Morgan fingerprint density at radius 2 is 1.23 bits per heavy atom. The molecular weight excluding hydrogens is 1190 g/mol. The summed E-state index contributed by atoms with van der Waals surface area (Å²) in [5, 5.41) is 10.1. The van der Waals surface area contributed by atoms with Gasteiger partial charge in [0.25, 0.3) is 0 Å². The summed E-state index contributed by atoms with van der Waals surface area (Å²) in [7, 11) is -3.02. The predicted octanol–water partition coefficient (Wildman–Crippen LogP) is 18.9. The van der Waals surface area contributed by atoms with E-state index in [-0.39, 0.29) is 42.9 Å². The summed E-state index contributed by atoms with van der Waals surface area (Å²) >= 11 is 0. The average molecular weight is 1260 g/mol. The average Bonchev–Trinajstić information content (AvgIpc) is 2.15. The van der Waals surface area contributed by atoms with Crippen molar-refractivity contribution in [1.29, 1.82) is 0 Å². The Balaban J connectivity index is 0.000000311. The quantitative estimate of drug-likeness (QED) is 0.0821. The Morgan fingerprint density at radius 3 is 1.85 bits per heavy atom. The van der Waals surface area contributed by atoms with Gasteiger partial charge in [0.1, 0.15) is 5.58 Å². The third kappa shape index (κ3) is 11.0. The molecule has 3 heterocycles. The van der Waals surface area contributed by atoms with E-state index in [0.717, 1.165) is 50.1 Å². The fraction of sp³-hybridized carbons (Fsp3) is 0.236. The maximum atomic E-state index is 7.35. The molecule has 0 N–H and O–H groups in total. The zero-order chi connectivity index (χ0) is 58.2. The number of benzene rings is 9. The minimum atomic E-state index is -2.11. The largest absolute Gasteiger partial charge is 0.501 e. The number of rotatable bonds is 9. The van der Waals surface area contributed by atoms with E-state index >= 15 is 0 Å². The molecule has 0 atom stereocenters. The Kier molecular flexibility index (Phi) is 14.2. The van der Waals surface area contributed by atoms with E-state index in [0.29, 0.717) is 11.4 Å². The van der Waals surface area contributed by atoms with Crippen molar-refractivity contribution in [2.45, 2.75) is 112 Å². The molecule has 5 nitrogen and oxygen atoms in total. The number of hydrogen-bond acceptors (Lipinski definition) is 4. The molecule has 0 unspecified atom stereocenters. The number of aromatic nitrogens is 4. The molecule has 0 aliphatic carbocycles. The molecule has 0 fully saturated rings. The van der Waals surface area contributed by atoms with E-state index < -0.39 is 23.0 Å². The fourth-order valence-corrected chi connectivity index (χ4v) is 13.3. The van der Waals surface area contributed by atoms with Crippen molar-refractivity contribution in [2.24, 2.45) is 0 Å². The van der Waals surface area contributed by atoms with Gasteiger partial charge >= 0.3 is 0 Å². The van der Waals surface area contributed by atoms with Crippen molar-refractivity contribution < 1.29 is 28.6 Å². The molecule has 12 aromatic rings. The van der Waals surface area contributed by atoms with Gasteiger partial charge in [-0.15, -0.1) is 53.6 Å². The van der Waals surface area contributed by atoms with Gasteiger partial charge in [0.15, 0.2) is 0 Å². The van der Waals surface area contributed by atoms with E-state index in [1.165, 1.54) is 77.1 Å². The Labute approximate surface area is 493 Å². The van der Waals surface area contributed by atoms with Crippen LogP contribution >= 0.6 is 0 Å². The van der Waals surface area contributed by atoms with E-state index in [9.17, 15) is 0 Å². The number of furan rings is 1. The summed E-state index contributed by atoms with van der Waals surface area (Å²) in [5.41, 5.74) is 15.3. The zero-order valence-electron chi connectivity index (χ0n) is 51.4. The molecule has 12 rings (SSSR count). The number of imidazole rings is 1. The fourth-order valence-electron chi connectivity index (χ4n) is 10.8. The van der Waals surface area contributed by atoms with Gasteiger partial charge in [-0.3, -0.25) is 15.0 Å². The minimum Gasteiger partial charge on any atom is -0.501 e. The van der Waals surface area contributed by atoms with Crippen LogP contribution in [0.2, 0.25) is 39.3 Å². The maximum Gasteiger partial charge on any atom is 0.121 e. The Morgan fingerprint density at radius 1 is 0.588 bits per heavy atom. The molecule has 0 amide bonds. The zero-order valence-corrected chi connectivity index (χ0v) is 52.7. The van der Waals surface area contributed by atoms with Crippen molar-refractivity contribution in [3.05, 3.63) is 205 Å². The molecule has 0 aliphatic rings. The Hall–Kier alpha value is -7.07. The van der Waals surface area contributed by atoms with E-state index in [1.54, 1.807) is 18.3 Å². The van der Waals surface area contributed by atoms with Crippen LogP contribution in [-0.2, 0) is 25.5 Å². The van der Waals surface area contributed by atoms with Crippen LogP contribution in [0.4, 0.5) is 0 Å². The predicted molar refractivity (Wildman–Crippen MR) is 342 cm³/mol. The number of hydrogen-bond donors (Lipinski definition) is 0. The molecule has 0 spiro atoms.